The zero-order chi connectivity index (χ0) is 24.0. The summed E-state index contributed by atoms with van der Waals surface area (Å²) >= 11 is 12.0. The Morgan fingerprint density at radius 1 is 1.24 bits per heavy atom. The minimum atomic E-state index is -0.646. The van der Waals surface area contributed by atoms with Crippen LogP contribution in [0.3, 0.4) is 0 Å². The third kappa shape index (κ3) is 6.49. The monoisotopic (exact) mass is 488 g/mol. The second-order valence-corrected chi connectivity index (χ2v) is 8.18. The van der Waals surface area contributed by atoms with Crippen LogP contribution in [0.2, 0.25) is 10.3 Å². The molecular weight excluding hydrogens is 467 g/mol. The van der Waals surface area contributed by atoms with Gasteiger partial charge in [-0.05, 0) is 48.0 Å². The van der Waals surface area contributed by atoms with Gasteiger partial charge in [-0.3, -0.25) is 14.5 Å². The van der Waals surface area contributed by atoms with Crippen LogP contribution in [0.1, 0.15) is 27.5 Å². The highest BCUT2D eigenvalue weighted by atomic mass is 35.5. The van der Waals surface area contributed by atoms with Crippen LogP contribution in [0.15, 0.2) is 48.7 Å². The molecule has 3 N–H and O–H groups in total. The summed E-state index contributed by atoms with van der Waals surface area (Å²) in [6.45, 7) is 0.0456. The maximum atomic E-state index is 12.5. The first-order valence-corrected chi connectivity index (χ1v) is 10.7. The molecule has 0 spiro atoms. The van der Waals surface area contributed by atoms with E-state index in [0.29, 0.717) is 39.5 Å². The number of aldehydes is 1. The highest BCUT2D eigenvalue weighted by molar-refractivity contribution is 6.33. The molecule has 1 aromatic heterocycles. The summed E-state index contributed by atoms with van der Waals surface area (Å²) < 4.78 is 0. The molecule has 3 aromatic rings. The van der Waals surface area contributed by atoms with Crippen molar-refractivity contribution in [3.8, 4) is 17.0 Å². The second kappa shape index (κ2) is 11.2. The number of benzene rings is 2. The molecule has 33 heavy (non-hydrogen) atoms. The number of hydrogen-bond donors (Lipinski definition) is 3. The molecule has 10 heteroatoms. The number of phenols is 1. The number of aromatic nitrogens is 2. The zero-order valence-electron chi connectivity index (χ0n) is 17.7. The molecule has 0 saturated carbocycles. The predicted octanol–water partition coefficient (Wildman–Crippen LogP) is 3.25. The topological polar surface area (TPSA) is 116 Å². The smallest absolute Gasteiger partial charge is 0.234 e. The van der Waals surface area contributed by atoms with Gasteiger partial charge in [0, 0.05) is 17.7 Å². The van der Waals surface area contributed by atoms with E-state index in [4.69, 9.17) is 23.2 Å². The molecule has 0 fully saturated rings. The number of rotatable bonds is 9. The van der Waals surface area contributed by atoms with E-state index in [1.54, 1.807) is 42.3 Å². The van der Waals surface area contributed by atoms with Gasteiger partial charge in [0.15, 0.2) is 0 Å². The van der Waals surface area contributed by atoms with Crippen LogP contribution in [-0.2, 0) is 11.3 Å². The van der Waals surface area contributed by atoms with E-state index in [-0.39, 0.29) is 30.1 Å². The SMILES string of the molecule is CN(CC(=O)NC(CO)c1cccc(O)c1)Cc1ccc(-c2nc(Cl)ncc2Cl)cc1C=O. The van der Waals surface area contributed by atoms with Crippen molar-refractivity contribution in [2.24, 2.45) is 0 Å². The fourth-order valence-electron chi connectivity index (χ4n) is 3.35. The summed E-state index contributed by atoms with van der Waals surface area (Å²) in [7, 11) is 1.74. The fourth-order valence-corrected chi connectivity index (χ4v) is 3.69. The Labute approximate surface area is 200 Å². The molecular formula is C23H22Cl2N4O4. The Kier molecular flexibility index (Phi) is 8.35. The first-order chi connectivity index (χ1) is 15.8. The number of nitrogens with one attached hydrogen (secondary N) is 1. The van der Waals surface area contributed by atoms with Gasteiger partial charge in [-0.15, -0.1) is 0 Å². The van der Waals surface area contributed by atoms with Gasteiger partial charge >= 0.3 is 0 Å². The predicted molar refractivity (Wildman–Crippen MR) is 125 cm³/mol. The summed E-state index contributed by atoms with van der Waals surface area (Å²) in [5, 5.41) is 22.4. The van der Waals surface area contributed by atoms with Crippen LogP contribution in [0.25, 0.3) is 11.3 Å². The summed E-state index contributed by atoms with van der Waals surface area (Å²) in [6.07, 6.45) is 2.12. The zero-order valence-corrected chi connectivity index (χ0v) is 19.2. The lowest BCUT2D eigenvalue weighted by Crippen LogP contribution is -2.38. The standard InChI is InChI=1S/C23H22Cl2N4O4/c1-29(11-21(33)27-20(13-31)14-3-2-4-18(32)8-14)10-16-6-5-15(7-17(16)12-30)22-19(24)9-26-23(25)28-22/h2-9,12,20,31-32H,10-11,13H2,1H3,(H,27,33). The minimum absolute atomic E-state index is 0.0305. The quantitative estimate of drug-likeness (QED) is 0.312. The van der Waals surface area contributed by atoms with E-state index in [9.17, 15) is 19.8 Å². The summed E-state index contributed by atoms with van der Waals surface area (Å²) in [5.74, 6) is -0.265. The Morgan fingerprint density at radius 2 is 2.03 bits per heavy atom. The molecule has 1 atom stereocenters. The van der Waals surface area contributed by atoms with E-state index >= 15 is 0 Å². The molecule has 0 radical (unpaired) electrons. The second-order valence-electron chi connectivity index (χ2n) is 7.44. The fraction of sp³-hybridized carbons (Fsp3) is 0.217. The van der Waals surface area contributed by atoms with Gasteiger partial charge in [-0.1, -0.05) is 35.9 Å². The molecule has 2 aromatic carbocycles. The lowest BCUT2D eigenvalue weighted by Gasteiger charge is -2.21. The number of aliphatic hydroxyl groups excluding tert-OH is 1. The Morgan fingerprint density at radius 3 is 2.73 bits per heavy atom. The number of phenolic OH excluding ortho intramolecular Hbond substituents is 1. The van der Waals surface area contributed by atoms with Crippen LogP contribution in [0.4, 0.5) is 0 Å². The van der Waals surface area contributed by atoms with Gasteiger partial charge in [0.05, 0.1) is 36.1 Å². The number of aromatic hydroxyl groups is 1. The average Bonchev–Trinajstić information content (AvgIpc) is 2.79. The minimum Gasteiger partial charge on any atom is -0.508 e. The van der Waals surface area contributed by atoms with Crippen molar-refractivity contribution < 1.29 is 19.8 Å². The maximum absolute atomic E-state index is 12.5. The van der Waals surface area contributed by atoms with E-state index in [2.05, 4.69) is 15.3 Å². The van der Waals surface area contributed by atoms with E-state index < -0.39 is 6.04 Å². The number of likely N-dealkylation sites (N-methyl/N-ethyl adjacent to an activating group) is 1. The Bertz CT molecular complexity index is 1160. The molecule has 0 aliphatic carbocycles. The van der Waals surface area contributed by atoms with Crippen LogP contribution in [-0.4, -0.2) is 57.5 Å². The van der Waals surface area contributed by atoms with Crippen molar-refractivity contribution in [3.05, 3.63) is 75.7 Å². The highest BCUT2D eigenvalue weighted by Crippen LogP contribution is 2.28. The van der Waals surface area contributed by atoms with Crippen molar-refractivity contribution >= 4 is 35.4 Å². The Hall–Kier alpha value is -3.04. The highest BCUT2D eigenvalue weighted by Gasteiger charge is 2.17. The van der Waals surface area contributed by atoms with Gasteiger partial charge in [-0.2, -0.15) is 0 Å². The summed E-state index contributed by atoms with van der Waals surface area (Å²) in [4.78, 5) is 33.9. The first kappa shape index (κ1) is 24.6. The van der Waals surface area contributed by atoms with Crippen molar-refractivity contribution in [2.75, 3.05) is 20.2 Å². The first-order valence-electron chi connectivity index (χ1n) is 9.95. The van der Waals surface area contributed by atoms with E-state index in [0.717, 1.165) is 6.29 Å². The lowest BCUT2D eigenvalue weighted by molar-refractivity contribution is -0.123. The molecule has 1 heterocycles. The van der Waals surface area contributed by atoms with Crippen molar-refractivity contribution in [3.63, 3.8) is 0 Å². The van der Waals surface area contributed by atoms with Crippen molar-refractivity contribution in [1.29, 1.82) is 0 Å². The van der Waals surface area contributed by atoms with E-state index in [1.165, 1.54) is 18.3 Å². The van der Waals surface area contributed by atoms with Crippen molar-refractivity contribution in [1.82, 2.24) is 20.2 Å². The molecule has 0 aliphatic heterocycles. The van der Waals surface area contributed by atoms with E-state index in [1.807, 2.05) is 0 Å². The molecule has 0 saturated heterocycles. The third-order valence-electron chi connectivity index (χ3n) is 4.91. The summed E-state index contributed by atoms with van der Waals surface area (Å²) in [5.41, 5.74) is 2.77. The van der Waals surface area contributed by atoms with Crippen LogP contribution in [0, 0.1) is 0 Å². The summed E-state index contributed by atoms with van der Waals surface area (Å²) in [6, 6.07) is 10.9. The Balaban J connectivity index is 1.68. The van der Waals surface area contributed by atoms with Gasteiger partial charge in [-0.25, -0.2) is 9.97 Å². The number of amides is 1. The molecule has 1 amide bonds. The number of carbonyl (C=O) groups excluding carboxylic acids is 2. The van der Waals surface area contributed by atoms with Crippen molar-refractivity contribution in [2.45, 2.75) is 12.6 Å². The molecule has 0 aliphatic rings. The largest absolute Gasteiger partial charge is 0.508 e. The van der Waals surface area contributed by atoms with Gasteiger partial charge in [0.2, 0.25) is 11.2 Å². The maximum Gasteiger partial charge on any atom is 0.234 e. The average molecular weight is 489 g/mol. The third-order valence-corrected chi connectivity index (χ3v) is 5.36. The number of carbonyl (C=O) groups is 2. The van der Waals surface area contributed by atoms with Gasteiger partial charge in [0.25, 0.3) is 0 Å². The molecule has 172 valence electrons. The molecule has 1 unspecified atom stereocenters. The number of nitrogens with zero attached hydrogens (tertiary/aromatic N) is 3. The molecule has 8 nitrogen and oxygen atoms in total. The van der Waals surface area contributed by atoms with Gasteiger partial charge < -0.3 is 15.5 Å². The number of halogens is 2. The molecule has 0 bridgehead atoms. The van der Waals surface area contributed by atoms with Crippen LogP contribution in [0.5, 0.6) is 5.75 Å². The lowest BCUT2D eigenvalue weighted by atomic mass is 10.0. The van der Waals surface area contributed by atoms with Crippen LogP contribution >= 0.6 is 23.2 Å². The number of hydrogen-bond acceptors (Lipinski definition) is 7. The molecule has 3 rings (SSSR count). The normalized spacial score (nSPS) is 11.9. The van der Waals surface area contributed by atoms with Crippen LogP contribution < -0.4 is 5.32 Å². The number of aliphatic hydroxyl groups is 1. The van der Waals surface area contributed by atoms with Gasteiger partial charge in [0.1, 0.15) is 12.0 Å².